The Balaban J connectivity index is 1.98. The maximum Gasteiger partial charge on any atom is 0.0929 e. The summed E-state index contributed by atoms with van der Waals surface area (Å²) in [5, 5.41) is 14.7. The van der Waals surface area contributed by atoms with Crippen molar-refractivity contribution in [2.75, 3.05) is 6.54 Å². The Morgan fingerprint density at radius 3 is 2.43 bits per heavy atom. The molecular formula is C17H19Cl2NO. The maximum atomic E-state index is 10.3. The van der Waals surface area contributed by atoms with Gasteiger partial charge in [0.1, 0.15) is 0 Å². The number of aliphatic hydroxyl groups is 1. The Kier molecular flexibility index (Phi) is 5.65. The number of aliphatic hydroxyl groups excluding tert-OH is 1. The first-order chi connectivity index (χ1) is 9.97. The molecule has 0 heterocycles. The number of aryl methyl sites for hydroxylation is 1. The van der Waals surface area contributed by atoms with Crippen molar-refractivity contribution < 1.29 is 5.11 Å². The minimum atomic E-state index is -0.691. The molecule has 2 atom stereocenters. The quantitative estimate of drug-likeness (QED) is 0.836. The molecule has 2 unspecified atom stereocenters. The van der Waals surface area contributed by atoms with E-state index in [0.29, 0.717) is 22.2 Å². The van der Waals surface area contributed by atoms with Gasteiger partial charge in [-0.3, -0.25) is 0 Å². The number of hydrogen-bond acceptors (Lipinski definition) is 2. The molecule has 2 rings (SSSR count). The third-order valence-electron chi connectivity index (χ3n) is 3.51. The maximum absolute atomic E-state index is 10.3. The lowest BCUT2D eigenvalue weighted by Crippen LogP contribution is -2.24. The van der Waals surface area contributed by atoms with Crippen LogP contribution in [0, 0.1) is 6.92 Å². The number of halogens is 2. The number of hydrogen-bond donors (Lipinski definition) is 2. The van der Waals surface area contributed by atoms with Crippen LogP contribution in [0.4, 0.5) is 0 Å². The van der Waals surface area contributed by atoms with Crippen LogP contribution in [0.2, 0.25) is 10.0 Å². The predicted molar refractivity (Wildman–Crippen MR) is 89.0 cm³/mol. The number of rotatable bonds is 5. The average Bonchev–Trinajstić information content (AvgIpc) is 2.47. The second kappa shape index (κ2) is 7.28. The summed E-state index contributed by atoms with van der Waals surface area (Å²) in [6.45, 7) is 4.54. The van der Waals surface area contributed by atoms with Crippen LogP contribution >= 0.6 is 23.2 Å². The van der Waals surface area contributed by atoms with Crippen molar-refractivity contribution >= 4 is 23.2 Å². The summed E-state index contributed by atoms with van der Waals surface area (Å²) in [6, 6.07) is 13.6. The molecule has 4 heteroatoms. The molecule has 0 spiro atoms. The van der Waals surface area contributed by atoms with Crippen LogP contribution < -0.4 is 5.32 Å². The van der Waals surface area contributed by atoms with Gasteiger partial charge in [-0.15, -0.1) is 0 Å². The summed E-state index contributed by atoms with van der Waals surface area (Å²) in [4.78, 5) is 0. The van der Waals surface area contributed by atoms with E-state index < -0.39 is 6.10 Å². The van der Waals surface area contributed by atoms with Crippen LogP contribution in [-0.2, 0) is 0 Å². The fourth-order valence-electron chi connectivity index (χ4n) is 2.14. The van der Waals surface area contributed by atoms with E-state index in [2.05, 4.69) is 43.4 Å². The fourth-order valence-corrected chi connectivity index (χ4v) is 2.57. The minimum absolute atomic E-state index is 0.151. The average molecular weight is 324 g/mol. The largest absolute Gasteiger partial charge is 0.387 e. The Morgan fingerprint density at radius 1 is 1.10 bits per heavy atom. The van der Waals surface area contributed by atoms with Crippen LogP contribution in [-0.4, -0.2) is 11.7 Å². The second-order valence-electron chi connectivity index (χ2n) is 5.22. The van der Waals surface area contributed by atoms with Crippen LogP contribution in [0.3, 0.4) is 0 Å². The molecule has 0 saturated heterocycles. The highest BCUT2D eigenvalue weighted by molar-refractivity contribution is 6.33. The van der Waals surface area contributed by atoms with Gasteiger partial charge >= 0.3 is 0 Å². The molecule has 112 valence electrons. The van der Waals surface area contributed by atoms with Gasteiger partial charge in [0.15, 0.2) is 0 Å². The SMILES string of the molecule is Cc1ccc(C(C)NCC(O)c2cc(Cl)ccc2Cl)cc1. The zero-order chi connectivity index (χ0) is 15.4. The molecule has 0 fully saturated rings. The molecule has 2 aromatic rings. The third kappa shape index (κ3) is 4.45. The number of nitrogens with one attached hydrogen (secondary N) is 1. The van der Waals surface area contributed by atoms with E-state index in [-0.39, 0.29) is 6.04 Å². The molecule has 0 aliphatic heterocycles. The van der Waals surface area contributed by atoms with Crippen molar-refractivity contribution in [3.63, 3.8) is 0 Å². The van der Waals surface area contributed by atoms with Crippen molar-refractivity contribution in [1.82, 2.24) is 5.32 Å². The van der Waals surface area contributed by atoms with E-state index >= 15 is 0 Å². The Labute approximate surface area is 135 Å². The Morgan fingerprint density at radius 2 is 1.76 bits per heavy atom. The van der Waals surface area contributed by atoms with Gasteiger partial charge in [0.2, 0.25) is 0 Å². The molecule has 0 saturated carbocycles. The zero-order valence-electron chi connectivity index (χ0n) is 12.1. The lowest BCUT2D eigenvalue weighted by atomic mass is 10.1. The van der Waals surface area contributed by atoms with Gasteiger partial charge in [0.05, 0.1) is 6.10 Å². The van der Waals surface area contributed by atoms with Gasteiger partial charge in [0, 0.05) is 28.2 Å². The van der Waals surface area contributed by atoms with Gasteiger partial charge in [-0.25, -0.2) is 0 Å². The Bertz CT molecular complexity index is 598. The van der Waals surface area contributed by atoms with Crippen LogP contribution in [0.15, 0.2) is 42.5 Å². The summed E-state index contributed by atoms with van der Waals surface area (Å²) in [5.74, 6) is 0. The van der Waals surface area contributed by atoms with E-state index in [4.69, 9.17) is 23.2 Å². The summed E-state index contributed by atoms with van der Waals surface area (Å²) < 4.78 is 0. The third-order valence-corrected chi connectivity index (χ3v) is 4.09. The van der Waals surface area contributed by atoms with Crippen molar-refractivity contribution in [2.24, 2.45) is 0 Å². The standard InChI is InChI=1S/C17H19Cl2NO/c1-11-3-5-13(6-4-11)12(2)20-10-17(21)15-9-14(18)7-8-16(15)19/h3-9,12,17,20-21H,10H2,1-2H3. The lowest BCUT2D eigenvalue weighted by molar-refractivity contribution is 0.171. The molecule has 0 amide bonds. The molecule has 0 bridgehead atoms. The summed E-state index contributed by atoms with van der Waals surface area (Å²) >= 11 is 12.0. The first-order valence-corrected chi connectivity index (χ1v) is 7.66. The van der Waals surface area contributed by atoms with E-state index in [1.165, 1.54) is 11.1 Å². The highest BCUT2D eigenvalue weighted by Crippen LogP contribution is 2.26. The molecule has 2 nitrogen and oxygen atoms in total. The van der Waals surface area contributed by atoms with Crippen LogP contribution in [0.1, 0.15) is 35.8 Å². The lowest BCUT2D eigenvalue weighted by Gasteiger charge is -2.19. The van der Waals surface area contributed by atoms with Crippen LogP contribution in [0.5, 0.6) is 0 Å². The summed E-state index contributed by atoms with van der Waals surface area (Å²) in [5.41, 5.74) is 3.06. The molecule has 0 radical (unpaired) electrons. The van der Waals surface area contributed by atoms with Crippen molar-refractivity contribution in [3.05, 3.63) is 69.2 Å². The zero-order valence-corrected chi connectivity index (χ0v) is 13.6. The van der Waals surface area contributed by atoms with E-state index in [1.54, 1.807) is 18.2 Å². The monoisotopic (exact) mass is 323 g/mol. The predicted octanol–water partition coefficient (Wildman–Crippen LogP) is 4.69. The molecule has 0 aliphatic rings. The first-order valence-electron chi connectivity index (χ1n) is 6.90. The first kappa shape index (κ1) is 16.3. The normalized spacial score (nSPS) is 14.0. The smallest absolute Gasteiger partial charge is 0.0929 e. The number of benzene rings is 2. The van der Waals surface area contributed by atoms with Gasteiger partial charge < -0.3 is 10.4 Å². The summed E-state index contributed by atoms with van der Waals surface area (Å²) in [6.07, 6.45) is -0.691. The second-order valence-corrected chi connectivity index (χ2v) is 6.07. The van der Waals surface area contributed by atoms with Crippen molar-refractivity contribution in [2.45, 2.75) is 26.0 Å². The molecule has 0 aliphatic carbocycles. The van der Waals surface area contributed by atoms with Gasteiger partial charge in [-0.1, -0.05) is 53.0 Å². The van der Waals surface area contributed by atoms with Gasteiger partial charge in [-0.05, 0) is 37.6 Å². The van der Waals surface area contributed by atoms with E-state index in [1.807, 2.05) is 0 Å². The van der Waals surface area contributed by atoms with E-state index in [0.717, 1.165) is 0 Å². The van der Waals surface area contributed by atoms with Crippen molar-refractivity contribution in [3.8, 4) is 0 Å². The highest BCUT2D eigenvalue weighted by Gasteiger charge is 2.14. The fraction of sp³-hybridized carbons (Fsp3) is 0.294. The van der Waals surface area contributed by atoms with Gasteiger partial charge in [0.25, 0.3) is 0 Å². The van der Waals surface area contributed by atoms with Gasteiger partial charge in [-0.2, -0.15) is 0 Å². The summed E-state index contributed by atoms with van der Waals surface area (Å²) in [7, 11) is 0. The van der Waals surface area contributed by atoms with Crippen molar-refractivity contribution in [1.29, 1.82) is 0 Å². The topological polar surface area (TPSA) is 32.3 Å². The molecule has 0 aromatic heterocycles. The molecular weight excluding hydrogens is 305 g/mol. The Hall–Kier alpha value is -1.06. The molecule has 2 N–H and O–H groups in total. The molecule has 21 heavy (non-hydrogen) atoms. The molecule has 2 aromatic carbocycles. The van der Waals surface area contributed by atoms with E-state index in [9.17, 15) is 5.11 Å². The minimum Gasteiger partial charge on any atom is -0.387 e. The van der Waals surface area contributed by atoms with Crippen LogP contribution in [0.25, 0.3) is 0 Å². The highest BCUT2D eigenvalue weighted by atomic mass is 35.5.